The number of nitriles is 1. The Hall–Kier alpha value is -2.69. The summed E-state index contributed by atoms with van der Waals surface area (Å²) < 4.78 is 6.67. The second kappa shape index (κ2) is 8.21. The first-order valence-electron chi connectivity index (χ1n) is 9.50. The Kier molecular flexibility index (Phi) is 5.63. The van der Waals surface area contributed by atoms with Crippen molar-refractivity contribution >= 4 is 27.7 Å². The van der Waals surface area contributed by atoms with Crippen molar-refractivity contribution in [2.45, 2.75) is 37.3 Å². The molecule has 0 amide bonds. The van der Waals surface area contributed by atoms with E-state index in [9.17, 15) is 5.26 Å². The van der Waals surface area contributed by atoms with Crippen LogP contribution < -0.4 is 10.5 Å². The van der Waals surface area contributed by atoms with Crippen LogP contribution in [0.3, 0.4) is 0 Å². The lowest BCUT2D eigenvalue weighted by atomic mass is 9.81. The number of allylic oxidation sites excluding steroid dienone is 1. The van der Waals surface area contributed by atoms with Crippen molar-refractivity contribution in [1.82, 2.24) is 10.2 Å². The summed E-state index contributed by atoms with van der Waals surface area (Å²) in [5, 5.41) is 17.0. The topological polar surface area (TPSA) is 87.7 Å². The molecule has 5 nitrogen and oxygen atoms in total. The average molecular weight is 481 g/mol. The molecule has 30 heavy (non-hydrogen) atoms. The summed E-state index contributed by atoms with van der Waals surface area (Å²) in [6.07, 6.45) is 0. The summed E-state index contributed by atoms with van der Waals surface area (Å²) in [5.74, 6) is 1.10. The van der Waals surface area contributed by atoms with Crippen molar-refractivity contribution in [1.29, 1.82) is 5.26 Å². The summed E-state index contributed by atoms with van der Waals surface area (Å²) in [4.78, 5) is 1.21. The van der Waals surface area contributed by atoms with Gasteiger partial charge in [0.05, 0.1) is 5.92 Å². The minimum Gasteiger partial charge on any atom is -0.420 e. The SMILES string of the molecule is Cc1cc(C)c([C@@H]2C(C#N)=C(N)Oc3n[nH]c(C)c32)cc1CSc1ccc(Br)cc1. The molecule has 3 aromatic rings. The first-order chi connectivity index (χ1) is 14.4. The number of aryl methyl sites for hydroxylation is 3. The van der Waals surface area contributed by atoms with Gasteiger partial charge in [0.25, 0.3) is 0 Å². The van der Waals surface area contributed by atoms with Gasteiger partial charge in [0.2, 0.25) is 11.8 Å². The van der Waals surface area contributed by atoms with Crippen molar-refractivity contribution in [2.75, 3.05) is 0 Å². The van der Waals surface area contributed by atoms with Crippen molar-refractivity contribution in [2.24, 2.45) is 5.73 Å². The number of halogens is 1. The summed E-state index contributed by atoms with van der Waals surface area (Å²) >= 11 is 5.27. The van der Waals surface area contributed by atoms with Crippen molar-refractivity contribution in [3.05, 3.63) is 85.8 Å². The molecular formula is C23H21BrN4OS. The lowest BCUT2D eigenvalue weighted by Crippen LogP contribution is -2.21. The fraction of sp³-hybridized carbons (Fsp3) is 0.217. The van der Waals surface area contributed by atoms with E-state index < -0.39 is 0 Å². The number of aromatic nitrogens is 2. The Morgan fingerprint density at radius 2 is 1.93 bits per heavy atom. The van der Waals surface area contributed by atoms with Gasteiger partial charge in [-0.1, -0.05) is 28.1 Å². The molecule has 0 bridgehead atoms. The van der Waals surface area contributed by atoms with Gasteiger partial charge in [0, 0.05) is 26.4 Å². The van der Waals surface area contributed by atoms with Gasteiger partial charge in [-0.15, -0.1) is 16.9 Å². The maximum atomic E-state index is 9.83. The third-order valence-electron chi connectivity index (χ3n) is 5.37. The monoisotopic (exact) mass is 480 g/mol. The van der Waals surface area contributed by atoms with Gasteiger partial charge >= 0.3 is 0 Å². The Morgan fingerprint density at radius 1 is 1.20 bits per heavy atom. The molecule has 0 saturated carbocycles. The molecule has 0 fully saturated rings. The largest absolute Gasteiger partial charge is 0.420 e. The summed E-state index contributed by atoms with van der Waals surface area (Å²) in [6.45, 7) is 6.14. The highest BCUT2D eigenvalue weighted by molar-refractivity contribution is 9.10. The molecule has 152 valence electrons. The number of nitrogens with zero attached hydrogens (tertiary/aromatic N) is 2. The van der Waals surface area contributed by atoms with Crippen LogP contribution in [-0.4, -0.2) is 10.2 Å². The third kappa shape index (κ3) is 3.73. The summed E-state index contributed by atoms with van der Waals surface area (Å²) in [5.41, 5.74) is 12.9. The summed E-state index contributed by atoms with van der Waals surface area (Å²) in [7, 11) is 0. The van der Waals surface area contributed by atoms with Gasteiger partial charge in [-0.25, -0.2) is 0 Å². The summed E-state index contributed by atoms with van der Waals surface area (Å²) in [6, 6.07) is 15.0. The number of H-pyrrole nitrogens is 1. The van der Waals surface area contributed by atoms with E-state index in [1.165, 1.54) is 16.0 Å². The van der Waals surface area contributed by atoms with Crippen molar-refractivity contribution in [3.8, 4) is 11.9 Å². The van der Waals surface area contributed by atoms with Crippen LogP contribution in [0.2, 0.25) is 0 Å². The molecule has 0 spiro atoms. The molecule has 2 aromatic carbocycles. The molecule has 0 saturated heterocycles. The van der Waals surface area contributed by atoms with Gasteiger partial charge in [-0.3, -0.25) is 5.10 Å². The lowest BCUT2D eigenvalue weighted by molar-refractivity contribution is 0.378. The number of benzene rings is 2. The quantitative estimate of drug-likeness (QED) is 0.473. The van der Waals surface area contributed by atoms with Gasteiger partial charge in [-0.2, -0.15) is 5.26 Å². The maximum absolute atomic E-state index is 9.83. The van der Waals surface area contributed by atoms with E-state index >= 15 is 0 Å². The number of ether oxygens (including phenoxy) is 1. The fourth-order valence-electron chi connectivity index (χ4n) is 3.78. The van der Waals surface area contributed by atoms with E-state index in [4.69, 9.17) is 10.5 Å². The second-order valence-corrected chi connectivity index (χ2v) is 9.33. The van der Waals surface area contributed by atoms with E-state index in [1.54, 1.807) is 11.8 Å². The van der Waals surface area contributed by atoms with E-state index in [0.29, 0.717) is 11.5 Å². The van der Waals surface area contributed by atoms with Crippen LogP contribution in [0, 0.1) is 32.1 Å². The molecule has 0 unspecified atom stereocenters. The highest BCUT2D eigenvalue weighted by atomic mass is 79.9. The van der Waals surface area contributed by atoms with Gasteiger partial charge in [0.15, 0.2) is 0 Å². The number of nitrogens with two attached hydrogens (primary N) is 1. The number of aromatic amines is 1. The van der Waals surface area contributed by atoms with Crippen molar-refractivity contribution in [3.63, 3.8) is 0 Å². The first kappa shape index (κ1) is 20.6. The molecule has 1 aliphatic rings. The predicted octanol–water partition coefficient (Wildman–Crippen LogP) is 5.61. The number of thioether (sulfide) groups is 1. The molecule has 1 aliphatic heterocycles. The number of nitrogens with one attached hydrogen (secondary N) is 1. The van der Waals surface area contributed by atoms with Crippen LogP contribution in [-0.2, 0) is 5.75 Å². The van der Waals surface area contributed by atoms with Gasteiger partial charge in [0.1, 0.15) is 11.6 Å². The maximum Gasteiger partial charge on any atom is 0.244 e. The number of fused-ring (bicyclic) bond motifs is 1. The van der Waals surface area contributed by atoms with Crippen LogP contribution >= 0.6 is 27.7 Å². The van der Waals surface area contributed by atoms with E-state index in [1.807, 2.05) is 19.1 Å². The molecule has 1 atom stereocenters. The third-order valence-corrected chi connectivity index (χ3v) is 6.96. The molecule has 1 aromatic heterocycles. The average Bonchev–Trinajstić information content (AvgIpc) is 3.08. The zero-order valence-electron chi connectivity index (χ0n) is 16.9. The number of hydrogen-bond donors (Lipinski definition) is 2. The standard InChI is InChI=1S/C23H21BrN4OS/c1-12-8-13(2)18(9-15(12)11-30-17-6-4-16(24)5-7-17)21-19(10-25)22(26)29-23-20(21)14(3)27-28-23/h4-9,21H,11,26H2,1-3H3,(H,27,28)/t21-/m1/s1. The van der Waals surface area contributed by atoms with Crippen LogP contribution in [0.4, 0.5) is 0 Å². The highest BCUT2D eigenvalue weighted by Crippen LogP contribution is 2.44. The first-order valence-corrected chi connectivity index (χ1v) is 11.3. The van der Waals surface area contributed by atoms with Crippen LogP contribution in [0.5, 0.6) is 5.88 Å². The molecule has 0 radical (unpaired) electrons. The minimum atomic E-state index is -0.297. The zero-order valence-corrected chi connectivity index (χ0v) is 19.3. The zero-order chi connectivity index (χ0) is 21.4. The van der Waals surface area contributed by atoms with E-state index in [2.05, 4.69) is 70.3 Å². The fourth-order valence-corrected chi connectivity index (χ4v) is 5.01. The molecule has 4 rings (SSSR count). The van der Waals surface area contributed by atoms with E-state index in [-0.39, 0.29) is 11.8 Å². The minimum absolute atomic E-state index is 0.118. The smallest absolute Gasteiger partial charge is 0.244 e. The molecule has 3 N–H and O–H groups in total. The highest BCUT2D eigenvalue weighted by Gasteiger charge is 2.35. The van der Waals surface area contributed by atoms with Gasteiger partial charge in [-0.05, 0) is 67.3 Å². The molecular weight excluding hydrogens is 460 g/mol. The number of hydrogen-bond acceptors (Lipinski definition) is 5. The van der Waals surface area contributed by atoms with Crippen LogP contribution in [0.1, 0.15) is 39.4 Å². The number of rotatable bonds is 4. The molecule has 2 heterocycles. The Morgan fingerprint density at radius 3 is 2.63 bits per heavy atom. The second-order valence-electron chi connectivity index (χ2n) is 7.37. The van der Waals surface area contributed by atoms with Gasteiger partial charge < -0.3 is 10.5 Å². The molecule has 0 aliphatic carbocycles. The Balaban J connectivity index is 1.75. The van der Waals surface area contributed by atoms with Crippen LogP contribution in [0.25, 0.3) is 0 Å². The Bertz CT molecular complexity index is 1190. The Labute approximate surface area is 188 Å². The predicted molar refractivity (Wildman–Crippen MR) is 122 cm³/mol. The lowest BCUT2D eigenvalue weighted by Gasteiger charge is -2.26. The molecule has 7 heteroatoms. The van der Waals surface area contributed by atoms with E-state index in [0.717, 1.165) is 32.6 Å². The van der Waals surface area contributed by atoms with Crippen molar-refractivity contribution < 1.29 is 4.74 Å². The normalized spacial score (nSPS) is 15.5. The van der Waals surface area contributed by atoms with Crippen LogP contribution in [0.15, 0.2) is 57.2 Å².